The maximum absolute atomic E-state index is 5.81. The molecule has 0 heterocycles. The Morgan fingerprint density at radius 1 is 1.16 bits per heavy atom. The molecule has 0 saturated heterocycles. The Kier molecular flexibility index (Phi) is 8.50. The summed E-state index contributed by atoms with van der Waals surface area (Å²) in [7, 11) is 1.94. The largest absolute Gasteiger partial charge is 0.490 e. The van der Waals surface area contributed by atoms with E-state index in [2.05, 4.69) is 24.4 Å². The summed E-state index contributed by atoms with van der Waals surface area (Å²) < 4.78 is 11.5. The van der Waals surface area contributed by atoms with E-state index in [9.17, 15) is 0 Å². The van der Waals surface area contributed by atoms with E-state index >= 15 is 0 Å². The average molecular weight is 283 g/mol. The van der Waals surface area contributed by atoms with Gasteiger partial charge in [0.25, 0.3) is 0 Å². The summed E-state index contributed by atoms with van der Waals surface area (Å²) >= 11 is 1.95. The second-order valence-corrected chi connectivity index (χ2v) is 5.54. The van der Waals surface area contributed by atoms with Crippen LogP contribution in [-0.4, -0.2) is 31.8 Å². The fourth-order valence-corrected chi connectivity index (χ4v) is 2.35. The summed E-state index contributed by atoms with van der Waals surface area (Å²) in [5, 5.41) is 3.14. The van der Waals surface area contributed by atoms with Crippen LogP contribution in [0.1, 0.15) is 25.8 Å². The smallest absolute Gasteiger partial charge is 0.161 e. The van der Waals surface area contributed by atoms with Crippen LogP contribution < -0.4 is 14.8 Å². The lowest BCUT2D eigenvalue weighted by Crippen LogP contribution is -2.06. The summed E-state index contributed by atoms with van der Waals surface area (Å²) in [6, 6.07) is 6.13. The number of benzene rings is 1. The number of hydrogen-bond acceptors (Lipinski definition) is 4. The standard InChI is InChI=1S/C15H25NO2S/c1-4-17-15-11-13(12-16-3)7-8-14(15)18-9-6-10-19-5-2/h7-8,11,16H,4-6,9-10,12H2,1-3H3. The maximum Gasteiger partial charge on any atom is 0.161 e. The highest BCUT2D eigenvalue weighted by atomic mass is 32.2. The van der Waals surface area contributed by atoms with Crippen LogP contribution >= 0.6 is 11.8 Å². The number of thioether (sulfide) groups is 1. The molecule has 0 aliphatic rings. The van der Waals surface area contributed by atoms with E-state index in [4.69, 9.17) is 9.47 Å². The number of nitrogens with one attached hydrogen (secondary N) is 1. The molecule has 1 rings (SSSR count). The van der Waals surface area contributed by atoms with E-state index in [1.165, 1.54) is 11.3 Å². The molecule has 0 amide bonds. The van der Waals surface area contributed by atoms with Crippen molar-refractivity contribution in [1.82, 2.24) is 5.32 Å². The Bertz CT molecular complexity index is 358. The van der Waals surface area contributed by atoms with Crippen LogP contribution in [0.3, 0.4) is 0 Å². The molecule has 3 nitrogen and oxygen atoms in total. The first-order valence-electron chi connectivity index (χ1n) is 6.92. The molecule has 0 saturated carbocycles. The van der Waals surface area contributed by atoms with Crippen LogP contribution in [0.5, 0.6) is 11.5 Å². The van der Waals surface area contributed by atoms with E-state index in [0.29, 0.717) is 6.61 Å². The minimum absolute atomic E-state index is 0.658. The van der Waals surface area contributed by atoms with Gasteiger partial charge in [-0.15, -0.1) is 0 Å². The highest BCUT2D eigenvalue weighted by Crippen LogP contribution is 2.28. The van der Waals surface area contributed by atoms with Crippen molar-refractivity contribution in [2.24, 2.45) is 0 Å². The van der Waals surface area contributed by atoms with E-state index in [1.54, 1.807) is 0 Å². The van der Waals surface area contributed by atoms with E-state index in [-0.39, 0.29) is 0 Å². The minimum Gasteiger partial charge on any atom is -0.490 e. The molecular weight excluding hydrogens is 258 g/mol. The number of ether oxygens (including phenoxy) is 2. The lowest BCUT2D eigenvalue weighted by molar-refractivity contribution is 0.277. The molecule has 4 heteroatoms. The second-order valence-electron chi connectivity index (χ2n) is 4.14. The minimum atomic E-state index is 0.658. The van der Waals surface area contributed by atoms with Gasteiger partial charge in [-0.25, -0.2) is 0 Å². The van der Waals surface area contributed by atoms with Crippen LogP contribution in [-0.2, 0) is 6.54 Å². The second kappa shape index (κ2) is 9.98. The third-order valence-electron chi connectivity index (χ3n) is 2.58. The van der Waals surface area contributed by atoms with Crippen LogP contribution in [0.2, 0.25) is 0 Å². The van der Waals surface area contributed by atoms with Gasteiger partial charge in [-0.2, -0.15) is 11.8 Å². The predicted octanol–water partition coefficient (Wildman–Crippen LogP) is 3.33. The van der Waals surface area contributed by atoms with Gasteiger partial charge < -0.3 is 14.8 Å². The summed E-state index contributed by atoms with van der Waals surface area (Å²) in [6.45, 7) is 6.42. The molecule has 1 aromatic rings. The Balaban J connectivity index is 2.54. The Hall–Kier alpha value is -0.870. The van der Waals surface area contributed by atoms with Gasteiger partial charge in [-0.05, 0) is 49.6 Å². The van der Waals surface area contributed by atoms with Crippen LogP contribution in [0.4, 0.5) is 0 Å². The normalized spacial score (nSPS) is 10.5. The third kappa shape index (κ3) is 6.21. The molecule has 1 N–H and O–H groups in total. The molecule has 0 unspecified atom stereocenters. The molecule has 0 fully saturated rings. The third-order valence-corrected chi connectivity index (χ3v) is 3.57. The maximum atomic E-state index is 5.81. The van der Waals surface area contributed by atoms with Gasteiger partial charge in [0.05, 0.1) is 13.2 Å². The fraction of sp³-hybridized carbons (Fsp3) is 0.600. The van der Waals surface area contributed by atoms with Crippen LogP contribution in [0, 0.1) is 0 Å². The highest BCUT2D eigenvalue weighted by Gasteiger charge is 2.06. The molecule has 19 heavy (non-hydrogen) atoms. The SMILES string of the molecule is CCOc1cc(CNC)ccc1OCCCSCC. The molecule has 0 bridgehead atoms. The van der Waals surface area contributed by atoms with Crippen molar-refractivity contribution in [3.05, 3.63) is 23.8 Å². The Morgan fingerprint density at radius 3 is 2.68 bits per heavy atom. The van der Waals surface area contributed by atoms with Crippen molar-refractivity contribution in [3.63, 3.8) is 0 Å². The van der Waals surface area contributed by atoms with E-state index in [0.717, 1.165) is 36.8 Å². The average Bonchev–Trinajstić information content (AvgIpc) is 2.41. The van der Waals surface area contributed by atoms with Crippen molar-refractivity contribution in [1.29, 1.82) is 0 Å². The molecule has 0 radical (unpaired) electrons. The van der Waals surface area contributed by atoms with Crippen molar-refractivity contribution < 1.29 is 9.47 Å². The van der Waals surface area contributed by atoms with Gasteiger partial charge in [0.15, 0.2) is 11.5 Å². The number of rotatable bonds is 10. The number of hydrogen-bond donors (Lipinski definition) is 1. The topological polar surface area (TPSA) is 30.5 Å². The first kappa shape index (κ1) is 16.2. The first-order chi connectivity index (χ1) is 9.31. The summed E-state index contributed by atoms with van der Waals surface area (Å²) in [4.78, 5) is 0. The predicted molar refractivity (Wildman–Crippen MR) is 83.5 cm³/mol. The molecular formula is C15H25NO2S. The zero-order valence-corrected chi connectivity index (χ0v) is 13.0. The highest BCUT2D eigenvalue weighted by molar-refractivity contribution is 7.99. The molecule has 0 aliphatic heterocycles. The van der Waals surface area contributed by atoms with Crippen molar-refractivity contribution in [2.75, 3.05) is 31.8 Å². The van der Waals surface area contributed by atoms with Crippen molar-refractivity contribution in [2.45, 2.75) is 26.8 Å². The Morgan fingerprint density at radius 2 is 2.00 bits per heavy atom. The zero-order valence-electron chi connectivity index (χ0n) is 12.2. The molecule has 108 valence electrons. The van der Waals surface area contributed by atoms with Gasteiger partial charge in [0, 0.05) is 6.54 Å². The van der Waals surface area contributed by atoms with Gasteiger partial charge in [-0.1, -0.05) is 13.0 Å². The lowest BCUT2D eigenvalue weighted by atomic mass is 10.2. The fourth-order valence-electron chi connectivity index (χ4n) is 1.74. The van der Waals surface area contributed by atoms with Gasteiger partial charge in [0.2, 0.25) is 0 Å². The lowest BCUT2D eigenvalue weighted by Gasteiger charge is -2.13. The molecule has 1 aromatic carbocycles. The molecule has 0 aromatic heterocycles. The van der Waals surface area contributed by atoms with Gasteiger partial charge >= 0.3 is 0 Å². The van der Waals surface area contributed by atoms with Crippen molar-refractivity contribution >= 4 is 11.8 Å². The van der Waals surface area contributed by atoms with E-state index < -0.39 is 0 Å². The van der Waals surface area contributed by atoms with Crippen molar-refractivity contribution in [3.8, 4) is 11.5 Å². The quantitative estimate of drug-likeness (QED) is 0.667. The summed E-state index contributed by atoms with van der Waals surface area (Å²) in [5.41, 5.74) is 1.21. The Labute approximate surface area is 121 Å². The summed E-state index contributed by atoms with van der Waals surface area (Å²) in [6.07, 6.45) is 1.07. The van der Waals surface area contributed by atoms with Crippen LogP contribution in [0.25, 0.3) is 0 Å². The van der Waals surface area contributed by atoms with Gasteiger partial charge in [-0.3, -0.25) is 0 Å². The molecule has 0 aliphatic carbocycles. The first-order valence-corrected chi connectivity index (χ1v) is 8.08. The summed E-state index contributed by atoms with van der Waals surface area (Å²) in [5.74, 6) is 4.02. The zero-order chi connectivity index (χ0) is 13.9. The van der Waals surface area contributed by atoms with Crippen LogP contribution in [0.15, 0.2) is 18.2 Å². The molecule has 0 spiro atoms. The van der Waals surface area contributed by atoms with E-state index in [1.807, 2.05) is 31.8 Å². The molecule has 0 atom stereocenters. The van der Waals surface area contributed by atoms with Gasteiger partial charge in [0.1, 0.15) is 0 Å². The monoisotopic (exact) mass is 283 g/mol.